The van der Waals surface area contributed by atoms with E-state index in [1.165, 1.54) is 0 Å². The Balaban J connectivity index is 2.35. The van der Waals surface area contributed by atoms with Crippen LogP contribution in [-0.4, -0.2) is 30.1 Å². The average Bonchev–Trinajstić information content (AvgIpc) is 2.50. The molecule has 0 N–H and O–H groups in total. The highest BCUT2D eigenvalue weighted by Crippen LogP contribution is 2.22. The predicted octanol–water partition coefficient (Wildman–Crippen LogP) is 3.15. The van der Waals surface area contributed by atoms with Crippen LogP contribution in [0.3, 0.4) is 0 Å². The van der Waals surface area contributed by atoms with Crippen molar-refractivity contribution in [1.29, 1.82) is 0 Å². The zero-order valence-corrected chi connectivity index (χ0v) is 15.1. The lowest BCUT2D eigenvalue weighted by atomic mass is 10.1. The van der Waals surface area contributed by atoms with Gasteiger partial charge in [-0.2, -0.15) is 0 Å². The van der Waals surface area contributed by atoms with E-state index in [0.717, 1.165) is 17.3 Å². The van der Waals surface area contributed by atoms with Gasteiger partial charge < -0.3 is 4.74 Å². The van der Waals surface area contributed by atoms with Crippen molar-refractivity contribution in [2.24, 2.45) is 0 Å². The fraction of sp³-hybridized carbons (Fsp3) is 0.312. The molecule has 0 radical (unpaired) electrons. The van der Waals surface area contributed by atoms with Crippen LogP contribution in [0, 0.1) is 13.8 Å². The SMILES string of the molecule is CCCS(=O)(=O)c1ncc(Cl)c(C(=O)Oc2ccc(C)cc2C)n1. The van der Waals surface area contributed by atoms with Crippen LogP contribution in [0.25, 0.3) is 0 Å². The lowest BCUT2D eigenvalue weighted by molar-refractivity contribution is 0.0726. The van der Waals surface area contributed by atoms with Gasteiger partial charge in [-0.15, -0.1) is 0 Å². The summed E-state index contributed by atoms with van der Waals surface area (Å²) in [6.45, 7) is 5.45. The number of rotatable bonds is 5. The maximum Gasteiger partial charge on any atom is 0.364 e. The molecule has 2 aromatic rings. The molecular weight excluding hydrogens is 352 g/mol. The molecule has 24 heavy (non-hydrogen) atoms. The first-order chi connectivity index (χ1) is 11.2. The molecule has 8 heteroatoms. The highest BCUT2D eigenvalue weighted by Gasteiger charge is 2.23. The Morgan fingerprint density at radius 3 is 2.62 bits per heavy atom. The lowest BCUT2D eigenvalue weighted by Gasteiger charge is -2.09. The van der Waals surface area contributed by atoms with Gasteiger partial charge in [0.15, 0.2) is 5.69 Å². The molecule has 0 bridgehead atoms. The molecule has 0 unspecified atom stereocenters. The van der Waals surface area contributed by atoms with E-state index in [0.29, 0.717) is 12.2 Å². The minimum Gasteiger partial charge on any atom is -0.421 e. The van der Waals surface area contributed by atoms with E-state index in [1.807, 2.05) is 13.0 Å². The fourth-order valence-corrected chi connectivity index (χ4v) is 3.40. The Kier molecular flexibility index (Phi) is 5.56. The topological polar surface area (TPSA) is 86.2 Å². The zero-order valence-electron chi connectivity index (χ0n) is 13.5. The number of aryl methyl sites for hydroxylation is 2. The van der Waals surface area contributed by atoms with E-state index in [2.05, 4.69) is 9.97 Å². The molecule has 0 saturated carbocycles. The molecule has 0 aliphatic rings. The van der Waals surface area contributed by atoms with Crippen molar-refractivity contribution in [1.82, 2.24) is 9.97 Å². The number of carbonyl (C=O) groups excluding carboxylic acids is 1. The Bertz CT molecular complexity index is 882. The smallest absolute Gasteiger partial charge is 0.364 e. The van der Waals surface area contributed by atoms with Crippen LogP contribution in [0.2, 0.25) is 5.02 Å². The maximum absolute atomic E-state index is 12.3. The van der Waals surface area contributed by atoms with Crippen LogP contribution in [0.1, 0.15) is 35.0 Å². The van der Waals surface area contributed by atoms with E-state index in [1.54, 1.807) is 26.0 Å². The van der Waals surface area contributed by atoms with Crippen LogP contribution in [-0.2, 0) is 9.84 Å². The van der Waals surface area contributed by atoms with Gasteiger partial charge in [-0.05, 0) is 31.9 Å². The monoisotopic (exact) mass is 368 g/mol. The molecule has 0 atom stereocenters. The average molecular weight is 369 g/mol. The number of nitrogens with zero attached hydrogens (tertiary/aromatic N) is 2. The first kappa shape index (κ1) is 18.4. The Labute approximate surface area is 145 Å². The molecule has 1 aromatic heterocycles. The molecule has 0 fully saturated rings. The summed E-state index contributed by atoms with van der Waals surface area (Å²) in [6, 6.07) is 5.32. The van der Waals surface area contributed by atoms with E-state index in [4.69, 9.17) is 16.3 Å². The molecule has 128 valence electrons. The second-order valence-electron chi connectivity index (χ2n) is 5.33. The summed E-state index contributed by atoms with van der Waals surface area (Å²) in [5, 5.41) is -0.499. The third-order valence-corrected chi connectivity index (χ3v) is 5.17. The van der Waals surface area contributed by atoms with Crippen LogP contribution in [0.5, 0.6) is 5.75 Å². The second kappa shape index (κ2) is 7.27. The minimum atomic E-state index is -3.66. The number of halogens is 1. The largest absolute Gasteiger partial charge is 0.421 e. The van der Waals surface area contributed by atoms with Crippen LogP contribution < -0.4 is 4.74 Å². The minimum absolute atomic E-state index is 0.0692. The summed E-state index contributed by atoms with van der Waals surface area (Å²) < 4.78 is 29.4. The van der Waals surface area contributed by atoms with Crippen LogP contribution >= 0.6 is 11.6 Å². The molecule has 0 aliphatic carbocycles. The molecule has 2 rings (SSSR count). The standard InChI is InChI=1S/C16H17ClN2O4S/c1-4-7-24(21,22)16-18-9-12(17)14(19-16)15(20)23-13-6-5-10(2)8-11(13)3/h5-6,8-9H,4,7H2,1-3H3. The van der Waals surface area contributed by atoms with Gasteiger partial charge in [-0.1, -0.05) is 36.2 Å². The van der Waals surface area contributed by atoms with E-state index < -0.39 is 21.0 Å². The number of sulfone groups is 1. The van der Waals surface area contributed by atoms with Gasteiger partial charge >= 0.3 is 5.97 Å². The van der Waals surface area contributed by atoms with Crippen molar-refractivity contribution in [3.63, 3.8) is 0 Å². The van der Waals surface area contributed by atoms with Crippen molar-refractivity contribution >= 4 is 27.4 Å². The first-order valence-electron chi connectivity index (χ1n) is 7.29. The molecule has 0 aliphatic heterocycles. The molecular formula is C16H17ClN2O4S. The van der Waals surface area contributed by atoms with Gasteiger partial charge in [0.25, 0.3) is 0 Å². The number of aromatic nitrogens is 2. The predicted molar refractivity (Wildman–Crippen MR) is 90.3 cm³/mol. The van der Waals surface area contributed by atoms with E-state index in [9.17, 15) is 13.2 Å². The Hall–Kier alpha value is -1.99. The molecule has 0 amide bonds. The van der Waals surface area contributed by atoms with Gasteiger partial charge in [0.1, 0.15) is 5.75 Å². The fourth-order valence-electron chi connectivity index (χ4n) is 2.07. The zero-order chi connectivity index (χ0) is 17.9. The number of hydrogen-bond donors (Lipinski definition) is 0. The maximum atomic E-state index is 12.3. The lowest BCUT2D eigenvalue weighted by Crippen LogP contribution is -2.17. The summed E-state index contributed by atoms with van der Waals surface area (Å²) in [6.07, 6.45) is 1.51. The third kappa shape index (κ3) is 4.10. The van der Waals surface area contributed by atoms with Gasteiger partial charge in [-0.3, -0.25) is 0 Å². The van der Waals surface area contributed by atoms with Gasteiger partial charge in [-0.25, -0.2) is 23.2 Å². The van der Waals surface area contributed by atoms with Gasteiger partial charge in [0, 0.05) is 0 Å². The highest BCUT2D eigenvalue weighted by molar-refractivity contribution is 7.91. The summed E-state index contributed by atoms with van der Waals surface area (Å²) in [7, 11) is -3.66. The summed E-state index contributed by atoms with van der Waals surface area (Å²) in [5.74, 6) is -0.583. The van der Waals surface area contributed by atoms with E-state index in [-0.39, 0.29) is 16.5 Å². The number of hydrogen-bond acceptors (Lipinski definition) is 6. The first-order valence-corrected chi connectivity index (χ1v) is 9.32. The van der Waals surface area contributed by atoms with Crippen molar-refractivity contribution in [2.45, 2.75) is 32.3 Å². The van der Waals surface area contributed by atoms with Crippen molar-refractivity contribution in [3.05, 3.63) is 46.2 Å². The second-order valence-corrected chi connectivity index (χ2v) is 7.74. The number of benzene rings is 1. The number of carbonyl (C=O) groups is 1. The summed E-state index contributed by atoms with van der Waals surface area (Å²) in [5.41, 5.74) is 1.52. The van der Waals surface area contributed by atoms with Crippen molar-refractivity contribution in [3.8, 4) is 5.75 Å². The summed E-state index contributed by atoms with van der Waals surface area (Å²) >= 11 is 5.93. The third-order valence-electron chi connectivity index (χ3n) is 3.20. The molecule has 0 spiro atoms. The molecule has 6 nitrogen and oxygen atoms in total. The van der Waals surface area contributed by atoms with Crippen LogP contribution in [0.15, 0.2) is 29.6 Å². The molecule has 1 aromatic carbocycles. The number of esters is 1. The van der Waals surface area contributed by atoms with Gasteiger partial charge in [0.05, 0.1) is 17.0 Å². The van der Waals surface area contributed by atoms with Gasteiger partial charge in [0.2, 0.25) is 15.0 Å². The Morgan fingerprint density at radius 2 is 2.00 bits per heavy atom. The summed E-state index contributed by atoms with van der Waals surface area (Å²) in [4.78, 5) is 19.8. The molecule has 0 saturated heterocycles. The van der Waals surface area contributed by atoms with Crippen molar-refractivity contribution < 1.29 is 17.9 Å². The number of ether oxygens (including phenoxy) is 1. The molecule has 1 heterocycles. The normalized spacial score (nSPS) is 11.3. The Morgan fingerprint density at radius 1 is 1.29 bits per heavy atom. The quantitative estimate of drug-likeness (QED) is 0.457. The highest BCUT2D eigenvalue weighted by atomic mass is 35.5. The van der Waals surface area contributed by atoms with Crippen LogP contribution in [0.4, 0.5) is 0 Å². The van der Waals surface area contributed by atoms with E-state index >= 15 is 0 Å². The van der Waals surface area contributed by atoms with Crippen molar-refractivity contribution in [2.75, 3.05) is 5.75 Å².